The second kappa shape index (κ2) is 6.69. The van der Waals surface area contributed by atoms with Crippen molar-refractivity contribution < 1.29 is 4.79 Å². The van der Waals surface area contributed by atoms with Gasteiger partial charge in [-0.1, -0.05) is 30.3 Å². The van der Waals surface area contributed by atoms with Gasteiger partial charge in [0.1, 0.15) is 5.82 Å². The third-order valence-corrected chi connectivity index (χ3v) is 5.91. The Hall–Kier alpha value is -2.05. The van der Waals surface area contributed by atoms with Crippen LogP contribution in [0.25, 0.3) is 5.69 Å². The number of amides is 1. The van der Waals surface area contributed by atoms with Crippen molar-refractivity contribution in [3.63, 3.8) is 0 Å². The summed E-state index contributed by atoms with van der Waals surface area (Å²) >= 11 is 5.27. The number of carbonyl (C=O) groups is 1. The molecule has 0 atom stereocenters. The molecule has 3 aromatic rings. The maximum Gasteiger partial charge on any atom is 0.257 e. The number of hydrogen-bond donors (Lipinski definition) is 1. The zero-order valence-corrected chi connectivity index (χ0v) is 16.0. The van der Waals surface area contributed by atoms with Crippen LogP contribution >= 0.6 is 27.7 Å². The Bertz CT molecular complexity index is 967. The van der Waals surface area contributed by atoms with Gasteiger partial charge in [-0.25, -0.2) is 4.68 Å². The molecule has 1 aliphatic rings. The Morgan fingerprint density at radius 2 is 1.92 bits per heavy atom. The van der Waals surface area contributed by atoms with Crippen molar-refractivity contribution in [1.29, 1.82) is 0 Å². The SMILES string of the molecule is Cc1ccccc1-n1nc2c(c1NC(=O)c1ccccc1Br)CSC2. The summed E-state index contributed by atoms with van der Waals surface area (Å²) in [5.41, 5.74) is 4.89. The van der Waals surface area contributed by atoms with Crippen molar-refractivity contribution in [2.24, 2.45) is 0 Å². The van der Waals surface area contributed by atoms with E-state index in [2.05, 4.69) is 34.2 Å². The molecule has 0 saturated heterocycles. The van der Waals surface area contributed by atoms with Crippen LogP contribution in [-0.4, -0.2) is 15.7 Å². The summed E-state index contributed by atoms with van der Waals surface area (Å²) in [4.78, 5) is 12.8. The number of aryl methyl sites for hydroxylation is 1. The fraction of sp³-hybridized carbons (Fsp3) is 0.158. The van der Waals surface area contributed by atoms with Crippen LogP contribution in [0.5, 0.6) is 0 Å². The monoisotopic (exact) mass is 413 g/mol. The number of fused-ring (bicyclic) bond motifs is 1. The third kappa shape index (κ3) is 3.00. The number of para-hydroxylation sites is 1. The molecule has 6 heteroatoms. The van der Waals surface area contributed by atoms with Crippen LogP contribution in [0.4, 0.5) is 5.82 Å². The number of aromatic nitrogens is 2. The molecule has 0 spiro atoms. The van der Waals surface area contributed by atoms with E-state index in [9.17, 15) is 4.79 Å². The van der Waals surface area contributed by atoms with Crippen LogP contribution in [0.3, 0.4) is 0 Å². The van der Waals surface area contributed by atoms with Crippen LogP contribution in [-0.2, 0) is 11.5 Å². The van der Waals surface area contributed by atoms with Crippen molar-refractivity contribution in [2.45, 2.75) is 18.4 Å². The standard InChI is InChI=1S/C19H16BrN3OS/c1-12-6-2-5-9-17(12)23-18(14-10-25-11-16(14)22-23)21-19(24)13-7-3-4-8-15(13)20/h2-9H,10-11H2,1H3,(H,21,24). The van der Waals surface area contributed by atoms with Crippen LogP contribution < -0.4 is 5.32 Å². The van der Waals surface area contributed by atoms with E-state index in [0.717, 1.165) is 44.3 Å². The summed E-state index contributed by atoms with van der Waals surface area (Å²) in [7, 11) is 0. The molecule has 0 saturated carbocycles. The Morgan fingerprint density at radius 3 is 2.72 bits per heavy atom. The lowest BCUT2D eigenvalue weighted by molar-refractivity contribution is 0.102. The molecular weight excluding hydrogens is 398 g/mol. The Morgan fingerprint density at radius 1 is 1.16 bits per heavy atom. The lowest BCUT2D eigenvalue weighted by atomic mass is 10.2. The summed E-state index contributed by atoms with van der Waals surface area (Å²) in [5.74, 6) is 2.38. The smallest absolute Gasteiger partial charge is 0.257 e. The molecule has 0 radical (unpaired) electrons. The van der Waals surface area contributed by atoms with Crippen LogP contribution in [0.1, 0.15) is 27.2 Å². The van der Waals surface area contributed by atoms with Gasteiger partial charge in [0.15, 0.2) is 0 Å². The molecule has 4 rings (SSSR count). The molecular formula is C19H16BrN3OS. The highest BCUT2D eigenvalue weighted by Crippen LogP contribution is 2.36. The number of carbonyl (C=O) groups excluding carboxylic acids is 1. The molecule has 1 amide bonds. The van der Waals surface area contributed by atoms with Gasteiger partial charge >= 0.3 is 0 Å². The van der Waals surface area contributed by atoms with Gasteiger partial charge in [0, 0.05) is 21.5 Å². The van der Waals surface area contributed by atoms with Gasteiger partial charge in [0.25, 0.3) is 5.91 Å². The molecule has 1 aliphatic heterocycles. The lowest BCUT2D eigenvalue weighted by Crippen LogP contribution is -2.17. The van der Waals surface area contributed by atoms with Crippen molar-refractivity contribution in [1.82, 2.24) is 9.78 Å². The van der Waals surface area contributed by atoms with E-state index < -0.39 is 0 Å². The minimum atomic E-state index is -0.137. The van der Waals surface area contributed by atoms with Gasteiger partial charge in [-0.3, -0.25) is 4.79 Å². The third-order valence-electron chi connectivity index (χ3n) is 4.25. The molecule has 1 N–H and O–H groups in total. The Kier molecular flexibility index (Phi) is 4.39. The van der Waals surface area contributed by atoms with E-state index in [-0.39, 0.29) is 5.91 Å². The van der Waals surface area contributed by atoms with Crippen LogP contribution in [0.2, 0.25) is 0 Å². The molecule has 1 aromatic heterocycles. The normalized spacial score (nSPS) is 12.9. The summed E-state index contributed by atoms with van der Waals surface area (Å²) in [6.45, 7) is 2.05. The topological polar surface area (TPSA) is 46.9 Å². The number of anilines is 1. The van der Waals surface area contributed by atoms with Crippen molar-refractivity contribution in [3.05, 3.63) is 75.4 Å². The first-order valence-corrected chi connectivity index (χ1v) is 9.90. The van der Waals surface area contributed by atoms with Gasteiger partial charge in [-0.15, -0.1) is 0 Å². The average Bonchev–Trinajstić information content (AvgIpc) is 3.18. The van der Waals surface area contributed by atoms with Gasteiger partial charge in [-0.05, 0) is 46.6 Å². The van der Waals surface area contributed by atoms with E-state index in [1.807, 2.05) is 58.9 Å². The minimum Gasteiger partial charge on any atom is -0.306 e. The summed E-state index contributed by atoms with van der Waals surface area (Å²) < 4.78 is 2.65. The number of halogens is 1. The molecule has 0 bridgehead atoms. The summed E-state index contributed by atoms with van der Waals surface area (Å²) in [6.07, 6.45) is 0. The van der Waals surface area contributed by atoms with Gasteiger partial charge in [0.2, 0.25) is 0 Å². The van der Waals surface area contributed by atoms with E-state index in [0.29, 0.717) is 5.56 Å². The molecule has 2 heterocycles. The minimum absolute atomic E-state index is 0.137. The fourth-order valence-electron chi connectivity index (χ4n) is 2.94. The molecule has 25 heavy (non-hydrogen) atoms. The van der Waals surface area contributed by atoms with Crippen LogP contribution in [0, 0.1) is 6.92 Å². The fourth-order valence-corrected chi connectivity index (χ4v) is 4.44. The highest BCUT2D eigenvalue weighted by Gasteiger charge is 2.25. The predicted molar refractivity (Wildman–Crippen MR) is 105 cm³/mol. The Labute approximate surface area is 158 Å². The number of rotatable bonds is 3. The first-order valence-electron chi connectivity index (χ1n) is 7.95. The predicted octanol–water partition coefficient (Wildman–Crippen LogP) is 4.94. The number of nitrogens with one attached hydrogen (secondary N) is 1. The number of nitrogens with zero attached hydrogens (tertiary/aromatic N) is 2. The highest BCUT2D eigenvalue weighted by atomic mass is 79.9. The second-order valence-corrected chi connectivity index (χ2v) is 7.74. The largest absolute Gasteiger partial charge is 0.306 e. The maximum atomic E-state index is 12.8. The first kappa shape index (κ1) is 16.4. The van der Waals surface area contributed by atoms with Gasteiger partial charge in [0.05, 0.1) is 16.9 Å². The summed E-state index contributed by atoms with van der Waals surface area (Å²) in [5, 5.41) is 7.85. The number of benzene rings is 2. The lowest BCUT2D eigenvalue weighted by Gasteiger charge is -2.13. The van der Waals surface area contributed by atoms with Crippen LogP contribution in [0.15, 0.2) is 53.0 Å². The van der Waals surface area contributed by atoms with Crippen molar-refractivity contribution >= 4 is 39.4 Å². The Balaban J connectivity index is 1.78. The number of hydrogen-bond acceptors (Lipinski definition) is 3. The molecule has 0 unspecified atom stereocenters. The van der Waals surface area contributed by atoms with Crippen molar-refractivity contribution in [2.75, 3.05) is 5.32 Å². The van der Waals surface area contributed by atoms with Gasteiger partial charge in [-0.2, -0.15) is 16.9 Å². The molecule has 126 valence electrons. The summed E-state index contributed by atoms with van der Waals surface area (Å²) in [6, 6.07) is 15.5. The van der Waals surface area contributed by atoms with E-state index in [1.54, 1.807) is 0 Å². The first-order chi connectivity index (χ1) is 12.1. The van der Waals surface area contributed by atoms with E-state index in [1.165, 1.54) is 0 Å². The number of thioether (sulfide) groups is 1. The quantitative estimate of drug-likeness (QED) is 0.660. The molecule has 4 nitrogen and oxygen atoms in total. The second-order valence-electron chi connectivity index (χ2n) is 5.90. The molecule has 0 aliphatic carbocycles. The zero-order chi connectivity index (χ0) is 17.4. The van der Waals surface area contributed by atoms with E-state index >= 15 is 0 Å². The average molecular weight is 414 g/mol. The molecule has 2 aromatic carbocycles. The van der Waals surface area contributed by atoms with Gasteiger partial charge < -0.3 is 5.32 Å². The zero-order valence-electron chi connectivity index (χ0n) is 13.6. The molecule has 0 fully saturated rings. The highest BCUT2D eigenvalue weighted by molar-refractivity contribution is 9.10. The maximum absolute atomic E-state index is 12.8. The van der Waals surface area contributed by atoms with Crippen molar-refractivity contribution in [3.8, 4) is 5.69 Å². The van der Waals surface area contributed by atoms with E-state index in [4.69, 9.17) is 5.10 Å².